The van der Waals surface area contributed by atoms with Gasteiger partial charge in [-0.25, -0.2) is 0 Å². The number of rotatable bonds is 10. The van der Waals surface area contributed by atoms with Crippen LogP contribution in [0.15, 0.2) is 35.3 Å². The van der Waals surface area contributed by atoms with Crippen LogP contribution in [0.1, 0.15) is 38.2 Å². The Morgan fingerprint density at radius 1 is 1.40 bits per heavy atom. The van der Waals surface area contributed by atoms with Gasteiger partial charge in [-0.2, -0.15) is 0 Å². The van der Waals surface area contributed by atoms with Crippen LogP contribution in [0.3, 0.4) is 0 Å². The molecule has 0 spiro atoms. The van der Waals surface area contributed by atoms with Crippen LogP contribution in [0.2, 0.25) is 5.02 Å². The van der Waals surface area contributed by atoms with Gasteiger partial charge in [-0.15, -0.1) is 0 Å². The zero-order valence-corrected chi connectivity index (χ0v) is 19.0. The quantitative estimate of drug-likeness (QED) is 0.586. The van der Waals surface area contributed by atoms with E-state index in [2.05, 4.69) is 28.2 Å². The molecule has 30 heavy (non-hydrogen) atoms. The molecule has 2 aliphatic rings. The molecule has 0 saturated heterocycles. The number of nitrogens with one attached hydrogen (secondary N) is 1. The van der Waals surface area contributed by atoms with Gasteiger partial charge in [0.25, 0.3) is 0 Å². The first kappa shape index (κ1) is 22.8. The van der Waals surface area contributed by atoms with Crippen LogP contribution in [0, 0.1) is 17.3 Å². The van der Waals surface area contributed by atoms with Crippen molar-refractivity contribution in [1.82, 2.24) is 10.2 Å². The minimum atomic E-state index is -0.0432. The number of hydrogen-bond acceptors (Lipinski definition) is 4. The zero-order valence-electron chi connectivity index (χ0n) is 18.3. The maximum absolute atomic E-state index is 12.9. The molecule has 0 bridgehead atoms. The van der Waals surface area contributed by atoms with Gasteiger partial charge in [0.05, 0.1) is 5.02 Å². The lowest BCUT2D eigenvalue weighted by atomic mass is 9.71. The van der Waals surface area contributed by atoms with Crippen LogP contribution in [0.5, 0.6) is 5.75 Å². The van der Waals surface area contributed by atoms with Gasteiger partial charge in [-0.05, 0) is 62.5 Å². The van der Waals surface area contributed by atoms with Gasteiger partial charge in [0.2, 0.25) is 5.91 Å². The highest BCUT2D eigenvalue weighted by Crippen LogP contribution is 2.44. The second-order valence-corrected chi connectivity index (χ2v) is 9.75. The number of likely N-dealkylation sites (N-methyl/N-ethyl adjacent to an activating group) is 1. The van der Waals surface area contributed by atoms with Crippen LogP contribution >= 0.6 is 11.6 Å². The number of carbonyl (C=O) groups is 1. The Morgan fingerprint density at radius 2 is 2.17 bits per heavy atom. The third-order valence-electron chi connectivity index (χ3n) is 6.53. The molecule has 0 radical (unpaired) electrons. The van der Waals surface area contributed by atoms with Crippen LogP contribution in [0.4, 0.5) is 0 Å². The molecule has 1 aromatic carbocycles. The summed E-state index contributed by atoms with van der Waals surface area (Å²) in [5, 5.41) is 13.1. The summed E-state index contributed by atoms with van der Waals surface area (Å²) in [6.45, 7) is 3.57. The topological polar surface area (TPSA) is 64.9 Å². The van der Waals surface area contributed by atoms with Crippen molar-refractivity contribution in [2.75, 3.05) is 27.2 Å². The number of phenolic OH excluding ortho intramolecular Hbond substituents is 1. The van der Waals surface area contributed by atoms with E-state index in [1.807, 2.05) is 32.5 Å². The number of benzene rings is 1. The summed E-state index contributed by atoms with van der Waals surface area (Å²) >= 11 is 6.05. The molecule has 0 aromatic heterocycles. The number of carbonyl (C=O) groups excluding carboxylic acids is 1. The zero-order chi connectivity index (χ0) is 21.7. The Balaban J connectivity index is 1.57. The molecule has 2 N–H and O–H groups in total. The second kappa shape index (κ2) is 9.97. The standard InChI is InChI=1S/C24H34ClN3O2/c1-24(9-4-10-26-16-24)19(11-17-5-6-17)14-23(30)27-15-20(28(2)3)12-18-7-8-22(29)21(25)13-18/h4,7-10,13,17,19-20,29H,5-6,11-12,14-16H2,1-3H3,(H,27,30)/t19-,20-,24?/m0/s1. The van der Waals surface area contributed by atoms with E-state index in [4.69, 9.17) is 11.6 Å². The number of dihydropyridines is 1. The number of aromatic hydroxyl groups is 1. The van der Waals surface area contributed by atoms with E-state index >= 15 is 0 Å². The van der Waals surface area contributed by atoms with Gasteiger partial charge in [-0.3, -0.25) is 9.79 Å². The molecule has 1 aliphatic carbocycles. The smallest absolute Gasteiger partial charge is 0.220 e. The van der Waals surface area contributed by atoms with Gasteiger partial charge >= 0.3 is 0 Å². The molecular formula is C24H34ClN3O2. The monoisotopic (exact) mass is 431 g/mol. The van der Waals surface area contributed by atoms with Crippen molar-refractivity contribution in [3.05, 3.63) is 40.9 Å². The maximum Gasteiger partial charge on any atom is 0.220 e. The second-order valence-electron chi connectivity index (χ2n) is 9.35. The lowest BCUT2D eigenvalue weighted by molar-refractivity contribution is -0.123. The summed E-state index contributed by atoms with van der Waals surface area (Å²) in [5.74, 6) is 1.28. The Bertz CT molecular complexity index is 804. The normalized spacial score (nSPS) is 22.8. The predicted molar refractivity (Wildman–Crippen MR) is 123 cm³/mol. The summed E-state index contributed by atoms with van der Waals surface area (Å²) in [4.78, 5) is 19.5. The van der Waals surface area contributed by atoms with Crippen molar-refractivity contribution in [3.8, 4) is 5.75 Å². The number of nitrogens with zero attached hydrogens (tertiary/aromatic N) is 2. The van der Waals surface area contributed by atoms with Crippen molar-refractivity contribution in [3.63, 3.8) is 0 Å². The fourth-order valence-corrected chi connectivity index (χ4v) is 4.35. The fourth-order valence-electron chi connectivity index (χ4n) is 4.15. The van der Waals surface area contributed by atoms with E-state index in [0.29, 0.717) is 23.9 Å². The number of hydrogen-bond donors (Lipinski definition) is 2. The molecule has 1 heterocycles. The van der Waals surface area contributed by atoms with Crippen molar-refractivity contribution in [2.45, 2.75) is 45.1 Å². The molecule has 3 atom stereocenters. The van der Waals surface area contributed by atoms with Crippen LogP contribution in [-0.4, -0.2) is 55.4 Å². The SMILES string of the molecule is CN(C)[C@H](CNC(=O)C[C@H](CC1CC1)C1(C)C=CC=NC1)Cc1ccc(O)c(Cl)c1. The van der Waals surface area contributed by atoms with E-state index in [1.54, 1.807) is 12.1 Å². The lowest BCUT2D eigenvalue weighted by Crippen LogP contribution is -2.43. The van der Waals surface area contributed by atoms with Gasteiger partial charge in [0, 0.05) is 37.2 Å². The molecule has 5 nitrogen and oxygen atoms in total. The summed E-state index contributed by atoms with van der Waals surface area (Å²) in [7, 11) is 4.03. The lowest BCUT2D eigenvalue weighted by Gasteiger charge is -2.35. The van der Waals surface area contributed by atoms with E-state index in [-0.39, 0.29) is 23.1 Å². The third-order valence-corrected chi connectivity index (χ3v) is 6.83. The fraction of sp³-hybridized carbons (Fsp3) is 0.583. The molecule has 1 fully saturated rings. The molecular weight excluding hydrogens is 398 g/mol. The summed E-state index contributed by atoms with van der Waals surface area (Å²) in [6, 6.07) is 5.43. The number of amides is 1. The molecule has 6 heteroatoms. The van der Waals surface area contributed by atoms with Gasteiger partial charge in [0.1, 0.15) is 5.75 Å². The van der Waals surface area contributed by atoms with E-state index in [1.165, 1.54) is 12.8 Å². The molecule has 1 unspecified atom stereocenters. The number of halogens is 1. The van der Waals surface area contributed by atoms with E-state index in [9.17, 15) is 9.90 Å². The van der Waals surface area contributed by atoms with E-state index in [0.717, 1.165) is 30.9 Å². The van der Waals surface area contributed by atoms with Crippen molar-refractivity contribution < 1.29 is 9.90 Å². The van der Waals surface area contributed by atoms with Crippen molar-refractivity contribution >= 4 is 23.7 Å². The summed E-state index contributed by atoms with van der Waals surface area (Å²) in [5.41, 5.74) is 0.994. The number of phenols is 1. The molecule has 3 rings (SSSR count). The molecule has 1 aromatic rings. The number of allylic oxidation sites excluding steroid dienone is 1. The minimum Gasteiger partial charge on any atom is -0.506 e. The number of aliphatic imine (C=N–C) groups is 1. The third kappa shape index (κ3) is 6.32. The Kier molecular flexibility index (Phi) is 7.59. The van der Waals surface area contributed by atoms with Crippen molar-refractivity contribution in [2.24, 2.45) is 22.2 Å². The van der Waals surface area contributed by atoms with Gasteiger partial charge in [0.15, 0.2) is 0 Å². The molecule has 1 saturated carbocycles. The van der Waals surface area contributed by atoms with Crippen LogP contribution in [-0.2, 0) is 11.2 Å². The van der Waals surface area contributed by atoms with Gasteiger partial charge < -0.3 is 15.3 Å². The summed E-state index contributed by atoms with van der Waals surface area (Å²) in [6.07, 6.45) is 11.1. The van der Waals surface area contributed by atoms with E-state index < -0.39 is 0 Å². The largest absolute Gasteiger partial charge is 0.506 e. The highest BCUT2D eigenvalue weighted by molar-refractivity contribution is 6.32. The molecule has 1 amide bonds. The minimum absolute atomic E-state index is 0.0432. The average molecular weight is 432 g/mol. The van der Waals surface area contributed by atoms with Crippen LogP contribution in [0.25, 0.3) is 0 Å². The van der Waals surface area contributed by atoms with Crippen molar-refractivity contribution in [1.29, 1.82) is 0 Å². The predicted octanol–water partition coefficient (Wildman–Crippen LogP) is 4.09. The highest BCUT2D eigenvalue weighted by Gasteiger charge is 2.38. The first-order valence-corrected chi connectivity index (χ1v) is 11.2. The molecule has 164 valence electrons. The Hall–Kier alpha value is -1.85. The average Bonchev–Trinajstić information content (AvgIpc) is 3.52. The van der Waals surface area contributed by atoms with Gasteiger partial charge in [-0.1, -0.05) is 43.5 Å². The maximum atomic E-state index is 12.9. The Morgan fingerprint density at radius 3 is 2.77 bits per heavy atom. The first-order valence-electron chi connectivity index (χ1n) is 10.8. The molecule has 1 aliphatic heterocycles. The first-order chi connectivity index (χ1) is 14.3. The Labute approximate surface area is 185 Å². The highest BCUT2D eigenvalue weighted by atomic mass is 35.5. The summed E-state index contributed by atoms with van der Waals surface area (Å²) < 4.78 is 0. The van der Waals surface area contributed by atoms with Crippen LogP contribution < -0.4 is 5.32 Å².